The van der Waals surface area contributed by atoms with Crippen molar-refractivity contribution >= 4 is 39.1 Å². The first-order valence-corrected chi connectivity index (χ1v) is 8.56. The van der Waals surface area contributed by atoms with Crippen molar-refractivity contribution in [3.05, 3.63) is 76.9 Å². The standard InChI is InChI=1S/C22H14N2O3/c1-23-19-17-16(20(25)12-7-3-4-8-13(12)21(17)26)18-14(22(19)27)10-11-6-2-5-9-15(11)24-18/h2-10,23,27H,1H3. The van der Waals surface area contributed by atoms with Crippen LogP contribution in [-0.2, 0) is 0 Å². The molecule has 0 bridgehead atoms. The summed E-state index contributed by atoms with van der Waals surface area (Å²) in [6, 6.07) is 16.0. The Balaban J connectivity index is 2.00. The van der Waals surface area contributed by atoms with Crippen molar-refractivity contribution in [2.75, 3.05) is 12.4 Å². The van der Waals surface area contributed by atoms with E-state index in [9.17, 15) is 14.7 Å². The topological polar surface area (TPSA) is 79.3 Å². The molecule has 1 heterocycles. The number of aromatic nitrogens is 1. The summed E-state index contributed by atoms with van der Waals surface area (Å²) < 4.78 is 0. The van der Waals surface area contributed by atoms with Crippen LogP contribution in [0.4, 0.5) is 5.69 Å². The van der Waals surface area contributed by atoms with E-state index in [1.807, 2.05) is 24.3 Å². The van der Waals surface area contributed by atoms with Crippen molar-refractivity contribution in [2.24, 2.45) is 0 Å². The van der Waals surface area contributed by atoms with Crippen molar-refractivity contribution in [1.29, 1.82) is 0 Å². The van der Waals surface area contributed by atoms with Crippen molar-refractivity contribution in [3.63, 3.8) is 0 Å². The Kier molecular flexibility index (Phi) is 3.09. The third kappa shape index (κ3) is 1.96. The number of nitrogens with zero attached hydrogens (tertiary/aromatic N) is 1. The first-order chi connectivity index (χ1) is 13.1. The highest BCUT2D eigenvalue weighted by atomic mass is 16.3. The predicted octanol–water partition coefficient (Wildman–Crippen LogP) is 3.91. The van der Waals surface area contributed by atoms with Crippen molar-refractivity contribution in [2.45, 2.75) is 0 Å². The Morgan fingerprint density at radius 3 is 2.22 bits per heavy atom. The SMILES string of the molecule is CNc1c2c(c3nc4ccccc4cc3c1O)C(=O)c1ccccc1C2=O. The Labute approximate surface area is 154 Å². The number of nitrogens with one attached hydrogen (secondary N) is 1. The molecule has 5 rings (SSSR count). The molecule has 1 aliphatic carbocycles. The Morgan fingerprint density at radius 1 is 0.889 bits per heavy atom. The summed E-state index contributed by atoms with van der Waals surface area (Å²) in [6.07, 6.45) is 0. The van der Waals surface area contributed by atoms with E-state index >= 15 is 0 Å². The van der Waals surface area contributed by atoms with Gasteiger partial charge in [0.25, 0.3) is 0 Å². The fourth-order valence-corrected chi connectivity index (χ4v) is 3.82. The molecule has 5 nitrogen and oxygen atoms in total. The largest absolute Gasteiger partial charge is 0.505 e. The van der Waals surface area contributed by atoms with E-state index in [4.69, 9.17) is 0 Å². The Hall–Kier alpha value is -3.73. The zero-order valence-corrected chi connectivity index (χ0v) is 14.4. The van der Waals surface area contributed by atoms with Gasteiger partial charge in [0.15, 0.2) is 11.6 Å². The van der Waals surface area contributed by atoms with Crippen molar-refractivity contribution < 1.29 is 14.7 Å². The quantitative estimate of drug-likeness (QED) is 0.352. The molecule has 1 aliphatic rings. The molecule has 130 valence electrons. The number of phenols is 1. The highest BCUT2D eigenvalue weighted by Crippen LogP contribution is 2.43. The van der Waals surface area contributed by atoms with Gasteiger partial charge in [-0.05, 0) is 12.1 Å². The summed E-state index contributed by atoms with van der Waals surface area (Å²) in [7, 11) is 1.62. The van der Waals surface area contributed by atoms with Crippen LogP contribution in [0.3, 0.4) is 0 Å². The van der Waals surface area contributed by atoms with Gasteiger partial charge in [0, 0.05) is 28.9 Å². The van der Waals surface area contributed by atoms with Gasteiger partial charge in [0.2, 0.25) is 0 Å². The molecule has 0 saturated heterocycles. The lowest BCUT2D eigenvalue weighted by Crippen LogP contribution is -2.23. The third-order valence-corrected chi connectivity index (χ3v) is 5.07. The molecular weight excluding hydrogens is 340 g/mol. The average Bonchev–Trinajstić information content (AvgIpc) is 2.71. The second-order valence-electron chi connectivity index (χ2n) is 6.50. The number of carbonyl (C=O) groups excluding carboxylic acids is 2. The fourth-order valence-electron chi connectivity index (χ4n) is 3.82. The summed E-state index contributed by atoms with van der Waals surface area (Å²) in [5.41, 5.74) is 2.40. The van der Waals surface area contributed by atoms with Crippen LogP contribution >= 0.6 is 0 Å². The zero-order chi connectivity index (χ0) is 18.7. The maximum Gasteiger partial charge on any atom is 0.196 e. The summed E-state index contributed by atoms with van der Waals surface area (Å²) >= 11 is 0. The first kappa shape index (κ1) is 15.5. The van der Waals surface area contributed by atoms with Crippen molar-refractivity contribution in [3.8, 4) is 5.75 Å². The van der Waals surface area contributed by atoms with Crippen LogP contribution < -0.4 is 5.32 Å². The number of ketones is 2. The molecule has 0 saturated carbocycles. The van der Waals surface area contributed by atoms with Gasteiger partial charge in [-0.15, -0.1) is 0 Å². The summed E-state index contributed by atoms with van der Waals surface area (Å²) in [4.78, 5) is 31.1. The van der Waals surface area contributed by atoms with Crippen LogP contribution in [0.25, 0.3) is 21.8 Å². The van der Waals surface area contributed by atoms with Gasteiger partial charge < -0.3 is 10.4 Å². The zero-order valence-electron chi connectivity index (χ0n) is 14.4. The predicted molar refractivity (Wildman–Crippen MR) is 104 cm³/mol. The molecule has 0 radical (unpaired) electrons. The maximum absolute atomic E-state index is 13.3. The molecule has 0 atom stereocenters. The molecule has 1 aromatic heterocycles. The lowest BCUT2D eigenvalue weighted by Gasteiger charge is -2.22. The Bertz CT molecular complexity index is 1310. The highest BCUT2D eigenvalue weighted by molar-refractivity contribution is 6.34. The van der Waals surface area contributed by atoms with Crippen LogP contribution in [0, 0.1) is 0 Å². The number of fused-ring (bicyclic) bond motifs is 5. The van der Waals surface area contributed by atoms with Crippen LogP contribution in [0.5, 0.6) is 5.75 Å². The van der Waals surface area contributed by atoms with E-state index in [1.54, 1.807) is 37.4 Å². The van der Waals surface area contributed by atoms with E-state index < -0.39 is 0 Å². The number of para-hydroxylation sites is 1. The molecule has 4 aromatic rings. The van der Waals surface area contributed by atoms with E-state index in [1.165, 1.54) is 0 Å². The third-order valence-electron chi connectivity index (χ3n) is 5.07. The van der Waals surface area contributed by atoms with Crippen LogP contribution in [0.15, 0.2) is 54.6 Å². The lowest BCUT2D eigenvalue weighted by atomic mass is 9.81. The number of hydrogen-bond acceptors (Lipinski definition) is 5. The van der Waals surface area contributed by atoms with Gasteiger partial charge in [0.1, 0.15) is 5.75 Å². The van der Waals surface area contributed by atoms with Gasteiger partial charge in [-0.1, -0.05) is 42.5 Å². The second kappa shape index (κ2) is 5.38. The van der Waals surface area contributed by atoms with Crippen LogP contribution in [-0.4, -0.2) is 28.7 Å². The van der Waals surface area contributed by atoms with Gasteiger partial charge in [-0.3, -0.25) is 9.59 Å². The van der Waals surface area contributed by atoms with Crippen LogP contribution in [0.1, 0.15) is 31.8 Å². The van der Waals surface area contributed by atoms with E-state index in [-0.39, 0.29) is 34.1 Å². The molecule has 2 N–H and O–H groups in total. The molecule has 5 heteroatoms. The molecule has 0 aliphatic heterocycles. The summed E-state index contributed by atoms with van der Waals surface area (Å²) in [5, 5.41) is 15.0. The number of aromatic hydroxyl groups is 1. The number of carbonyl (C=O) groups is 2. The van der Waals surface area contributed by atoms with E-state index in [0.29, 0.717) is 27.5 Å². The minimum Gasteiger partial charge on any atom is -0.505 e. The highest BCUT2D eigenvalue weighted by Gasteiger charge is 2.35. The maximum atomic E-state index is 13.3. The molecule has 0 fully saturated rings. The molecular formula is C22H14N2O3. The van der Waals surface area contributed by atoms with E-state index in [0.717, 1.165) is 5.39 Å². The number of pyridine rings is 1. The lowest BCUT2D eigenvalue weighted by molar-refractivity contribution is 0.0980. The van der Waals surface area contributed by atoms with Gasteiger partial charge in [0.05, 0.1) is 27.8 Å². The summed E-state index contributed by atoms with van der Waals surface area (Å²) in [5.74, 6) is -0.633. The number of benzene rings is 3. The Morgan fingerprint density at radius 2 is 1.52 bits per heavy atom. The minimum atomic E-state index is -0.295. The van der Waals surface area contributed by atoms with Gasteiger partial charge in [-0.25, -0.2) is 4.98 Å². The molecule has 0 unspecified atom stereocenters. The number of rotatable bonds is 1. The normalized spacial score (nSPS) is 12.9. The summed E-state index contributed by atoms with van der Waals surface area (Å²) in [6.45, 7) is 0. The van der Waals surface area contributed by atoms with Gasteiger partial charge >= 0.3 is 0 Å². The van der Waals surface area contributed by atoms with Gasteiger partial charge in [-0.2, -0.15) is 0 Å². The number of hydrogen-bond donors (Lipinski definition) is 2. The van der Waals surface area contributed by atoms with Crippen LogP contribution in [0.2, 0.25) is 0 Å². The number of anilines is 1. The fraction of sp³-hybridized carbons (Fsp3) is 0.0455. The van der Waals surface area contributed by atoms with E-state index in [2.05, 4.69) is 10.3 Å². The molecule has 0 amide bonds. The minimum absolute atomic E-state index is 0.0787. The second-order valence-corrected chi connectivity index (χ2v) is 6.50. The monoisotopic (exact) mass is 354 g/mol. The molecule has 0 spiro atoms. The first-order valence-electron chi connectivity index (χ1n) is 8.56. The molecule has 27 heavy (non-hydrogen) atoms. The average molecular weight is 354 g/mol. The smallest absolute Gasteiger partial charge is 0.196 e. The number of phenolic OH excluding ortho intramolecular Hbond substituents is 1. The molecule has 3 aromatic carbocycles. The van der Waals surface area contributed by atoms with Crippen molar-refractivity contribution in [1.82, 2.24) is 4.98 Å².